The molecule has 1 atom stereocenters. The van der Waals surface area contributed by atoms with E-state index in [1.165, 1.54) is 11.9 Å². The van der Waals surface area contributed by atoms with Crippen molar-refractivity contribution in [3.63, 3.8) is 0 Å². The molecule has 0 radical (unpaired) electrons. The third-order valence-corrected chi connectivity index (χ3v) is 5.24. The van der Waals surface area contributed by atoms with E-state index in [1.54, 1.807) is 46.7 Å². The molecule has 13 heteroatoms. The number of ether oxygens (including phenoxy) is 2. The number of hydrogen-bond donors (Lipinski definition) is 2. The average molecular weight is 530 g/mol. The molecule has 0 amide bonds. The van der Waals surface area contributed by atoms with E-state index in [2.05, 4.69) is 41.5 Å². The Morgan fingerprint density at radius 1 is 1.18 bits per heavy atom. The number of methoxy groups -OCH3 is 1. The lowest BCUT2D eigenvalue weighted by Crippen LogP contribution is -2.12. The van der Waals surface area contributed by atoms with Gasteiger partial charge in [0.15, 0.2) is 16.7 Å². The van der Waals surface area contributed by atoms with Crippen LogP contribution in [-0.2, 0) is 17.7 Å². The molecule has 0 saturated heterocycles. The van der Waals surface area contributed by atoms with Crippen LogP contribution in [-0.4, -0.2) is 67.0 Å². The molecule has 1 unspecified atom stereocenters. The fraction of sp³-hybridized carbons (Fsp3) is 0.476. The molecule has 10 nitrogen and oxygen atoms in total. The second-order valence-electron chi connectivity index (χ2n) is 7.38. The number of rotatable bonds is 5. The summed E-state index contributed by atoms with van der Waals surface area (Å²) in [5.41, 5.74) is 0.778. The number of anilines is 1. The third-order valence-electron chi connectivity index (χ3n) is 3.91. The lowest BCUT2D eigenvalue weighted by Gasteiger charge is -2.12. The van der Waals surface area contributed by atoms with Crippen molar-refractivity contribution in [1.82, 2.24) is 29.7 Å². The quantitative estimate of drug-likeness (QED) is 0.367. The van der Waals surface area contributed by atoms with Gasteiger partial charge in [0.25, 0.3) is 0 Å². The maximum atomic E-state index is 8.06. The molecule has 0 fully saturated rings. The number of hydrogen-bond acceptors (Lipinski definition) is 10. The highest BCUT2D eigenvalue weighted by atomic mass is 35.5. The Labute approximate surface area is 213 Å². The standard InChI is InChI=1S/C16H15Cl2N7OS.C3H8O.C2H6O/c1-9(6-12-20-7-10(17)8-21-12)27-24-16-23-22-15-11-2-3-19-14(18)13(11)26-5-4-25(15)16;1-3(2)4;1-3-2/h2-3,7-9H,4-6H2,1H3,(H,23,24);3-4H,1-2H3;1-2H3. The van der Waals surface area contributed by atoms with Gasteiger partial charge in [-0.15, -0.1) is 10.2 Å². The topological polar surface area (TPSA) is 120 Å². The van der Waals surface area contributed by atoms with Gasteiger partial charge in [-0.2, -0.15) is 0 Å². The van der Waals surface area contributed by atoms with E-state index >= 15 is 0 Å². The molecule has 0 saturated carbocycles. The molecule has 4 heterocycles. The van der Waals surface area contributed by atoms with Crippen LogP contribution in [0.1, 0.15) is 26.6 Å². The summed E-state index contributed by atoms with van der Waals surface area (Å²) in [6.45, 7) is 6.58. The Morgan fingerprint density at radius 3 is 2.47 bits per heavy atom. The van der Waals surface area contributed by atoms with Crippen LogP contribution in [0.5, 0.6) is 5.75 Å². The summed E-state index contributed by atoms with van der Waals surface area (Å²) < 4.78 is 15.2. The Hall–Kier alpha value is -2.18. The number of nitrogens with zero attached hydrogens (tertiary/aromatic N) is 6. The third kappa shape index (κ3) is 8.55. The highest BCUT2D eigenvalue weighted by Crippen LogP contribution is 2.36. The van der Waals surface area contributed by atoms with Crippen LogP contribution < -0.4 is 9.46 Å². The van der Waals surface area contributed by atoms with Crippen molar-refractivity contribution < 1.29 is 14.6 Å². The number of fused-ring (bicyclic) bond motifs is 3. The van der Waals surface area contributed by atoms with Crippen LogP contribution in [0.3, 0.4) is 0 Å². The average Bonchev–Trinajstić information content (AvgIpc) is 3.08. The van der Waals surface area contributed by atoms with E-state index in [4.69, 9.17) is 33.0 Å². The van der Waals surface area contributed by atoms with E-state index in [9.17, 15) is 0 Å². The molecule has 1 aliphatic heterocycles. The first-order valence-electron chi connectivity index (χ1n) is 10.4. The van der Waals surface area contributed by atoms with E-state index < -0.39 is 0 Å². The van der Waals surface area contributed by atoms with Gasteiger partial charge in [-0.25, -0.2) is 15.0 Å². The van der Waals surface area contributed by atoms with Gasteiger partial charge in [0.2, 0.25) is 5.95 Å². The summed E-state index contributed by atoms with van der Waals surface area (Å²) in [6.07, 6.45) is 5.36. The number of pyridine rings is 1. The van der Waals surface area contributed by atoms with E-state index in [1.807, 2.05) is 10.6 Å². The molecular formula is C21H29Cl2N7O3S. The molecule has 0 bridgehead atoms. The summed E-state index contributed by atoms with van der Waals surface area (Å²) in [5.74, 6) is 2.63. The summed E-state index contributed by atoms with van der Waals surface area (Å²) in [7, 11) is 3.25. The van der Waals surface area contributed by atoms with Crippen molar-refractivity contribution in [3.8, 4) is 17.1 Å². The van der Waals surface area contributed by atoms with Gasteiger partial charge in [-0.3, -0.25) is 9.29 Å². The predicted molar refractivity (Wildman–Crippen MR) is 135 cm³/mol. The second-order valence-corrected chi connectivity index (χ2v) is 9.42. The van der Waals surface area contributed by atoms with Crippen molar-refractivity contribution in [3.05, 3.63) is 40.7 Å². The Bertz CT molecular complexity index is 1020. The zero-order valence-corrected chi connectivity index (χ0v) is 22.0. The molecular weight excluding hydrogens is 501 g/mol. The maximum absolute atomic E-state index is 8.06. The minimum absolute atomic E-state index is 0.167. The highest BCUT2D eigenvalue weighted by molar-refractivity contribution is 8.01. The van der Waals surface area contributed by atoms with Crippen molar-refractivity contribution in [2.45, 2.75) is 45.1 Å². The normalized spacial score (nSPS) is 12.6. The predicted octanol–water partition coefficient (Wildman–Crippen LogP) is 4.17. The first-order chi connectivity index (χ1) is 16.3. The Balaban J connectivity index is 0.000000519. The zero-order chi connectivity index (χ0) is 25.1. The summed E-state index contributed by atoms with van der Waals surface area (Å²) >= 11 is 13.5. The Morgan fingerprint density at radius 2 is 1.82 bits per heavy atom. The van der Waals surface area contributed by atoms with E-state index in [0.717, 1.165) is 11.4 Å². The first kappa shape index (κ1) is 28.1. The van der Waals surface area contributed by atoms with Gasteiger partial charge >= 0.3 is 0 Å². The molecule has 0 spiro atoms. The first-order valence-corrected chi connectivity index (χ1v) is 12.1. The van der Waals surface area contributed by atoms with Crippen LogP contribution in [0.4, 0.5) is 5.95 Å². The number of aliphatic hydroxyl groups excluding tert-OH is 1. The minimum atomic E-state index is -0.167. The lowest BCUT2D eigenvalue weighted by atomic mass is 10.2. The van der Waals surface area contributed by atoms with E-state index in [0.29, 0.717) is 47.3 Å². The van der Waals surface area contributed by atoms with Crippen molar-refractivity contribution in [2.24, 2.45) is 0 Å². The SMILES string of the molecule is CC(C)O.CC(Cc1ncc(Cl)cn1)SNc1nnc2n1CCOc1c-2ccnc1Cl.COC. The lowest BCUT2D eigenvalue weighted by molar-refractivity contribution is 0.216. The van der Waals surface area contributed by atoms with E-state index in [-0.39, 0.29) is 11.4 Å². The molecule has 34 heavy (non-hydrogen) atoms. The van der Waals surface area contributed by atoms with Gasteiger partial charge in [0.05, 0.1) is 17.1 Å². The van der Waals surface area contributed by atoms with Crippen LogP contribution in [0.15, 0.2) is 24.7 Å². The highest BCUT2D eigenvalue weighted by Gasteiger charge is 2.23. The minimum Gasteiger partial charge on any atom is -0.488 e. The molecule has 3 aromatic heterocycles. The van der Waals surface area contributed by atoms with Crippen molar-refractivity contribution in [1.29, 1.82) is 0 Å². The molecule has 1 aliphatic rings. The second kappa shape index (κ2) is 14.3. The van der Waals surface area contributed by atoms with Crippen LogP contribution in [0.2, 0.25) is 10.2 Å². The van der Waals surface area contributed by atoms with Crippen LogP contribution in [0, 0.1) is 0 Å². The number of aliphatic hydroxyl groups is 1. The summed E-state index contributed by atoms with van der Waals surface area (Å²) in [4.78, 5) is 12.5. The van der Waals surface area contributed by atoms with Crippen LogP contribution >= 0.6 is 35.1 Å². The largest absolute Gasteiger partial charge is 0.488 e. The molecule has 4 rings (SSSR count). The fourth-order valence-corrected chi connectivity index (χ4v) is 3.66. The summed E-state index contributed by atoms with van der Waals surface area (Å²) in [5, 5.41) is 17.7. The van der Waals surface area contributed by atoms with Gasteiger partial charge in [0, 0.05) is 50.6 Å². The number of halogens is 2. The van der Waals surface area contributed by atoms with Gasteiger partial charge in [0.1, 0.15) is 12.4 Å². The Kier molecular flexibility index (Phi) is 11.8. The molecule has 2 N–H and O–H groups in total. The monoisotopic (exact) mass is 529 g/mol. The molecule has 3 aromatic rings. The van der Waals surface area contributed by atoms with Crippen molar-refractivity contribution in [2.75, 3.05) is 25.5 Å². The van der Waals surface area contributed by atoms with Gasteiger partial charge in [-0.05, 0) is 31.9 Å². The molecule has 186 valence electrons. The number of aromatic nitrogens is 6. The van der Waals surface area contributed by atoms with Crippen molar-refractivity contribution >= 4 is 41.1 Å². The number of nitrogens with one attached hydrogen (secondary N) is 1. The maximum Gasteiger partial charge on any atom is 0.235 e. The molecule has 0 aliphatic carbocycles. The van der Waals surface area contributed by atoms with Crippen LogP contribution in [0.25, 0.3) is 11.4 Å². The fourth-order valence-electron chi connectivity index (χ4n) is 2.66. The molecule has 0 aromatic carbocycles. The smallest absolute Gasteiger partial charge is 0.235 e. The van der Waals surface area contributed by atoms with Gasteiger partial charge < -0.3 is 14.6 Å². The van der Waals surface area contributed by atoms with Gasteiger partial charge in [-0.1, -0.05) is 30.1 Å². The summed E-state index contributed by atoms with van der Waals surface area (Å²) in [6, 6.07) is 1.82. The zero-order valence-electron chi connectivity index (χ0n) is 19.7.